The van der Waals surface area contributed by atoms with Crippen LogP contribution in [0.15, 0.2) is 164 Å². The van der Waals surface area contributed by atoms with Crippen LogP contribution in [0.25, 0.3) is 65.7 Å². The van der Waals surface area contributed by atoms with Gasteiger partial charge in [-0.1, -0.05) is 158 Å². The van der Waals surface area contributed by atoms with Gasteiger partial charge < -0.3 is 0 Å². The fraction of sp³-hybridized carbons (Fsp3) is 0.0667. The summed E-state index contributed by atoms with van der Waals surface area (Å²) in [5.41, 5.74) is 12.2. The highest BCUT2D eigenvalue weighted by atomic mass is 14.3. The molecule has 0 N–H and O–H groups in total. The fourth-order valence-electron chi connectivity index (χ4n) is 7.80. The topological polar surface area (TPSA) is 0 Å². The lowest BCUT2D eigenvalue weighted by molar-refractivity contribution is 0.689. The Morgan fingerprint density at radius 2 is 0.844 bits per heavy atom. The van der Waals surface area contributed by atoms with E-state index in [4.69, 9.17) is 0 Å². The third-order valence-corrected chi connectivity index (χ3v) is 9.87. The first-order valence-corrected chi connectivity index (χ1v) is 16.0. The molecule has 0 atom stereocenters. The molecule has 0 aromatic heterocycles. The molecule has 0 spiro atoms. The summed E-state index contributed by atoms with van der Waals surface area (Å²) < 4.78 is 0. The largest absolute Gasteiger partial charge is 0.0620 e. The maximum absolute atomic E-state index is 2.48. The maximum Gasteiger partial charge on any atom is -0.00262 e. The molecule has 8 aromatic rings. The summed E-state index contributed by atoms with van der Waals surface area (Å²) in [6.07, 6.45) is 2.08. The van der Waals surface area contributed by atoms with E-state index in [1.807, 2.05) is 0 Å². The molecular weight excluding hydrogens is 540 g/mol. The van der Waals surface area contributed by atoms with E-state index in [9.17, 15) is 0 Å². The van der Waals surface area contributed by atoms with Gasteiger partial charge in [-0.15, -0.1) is 0 Å². The second-order valence-corrected chi connectivity index (χ2v) is 12.4. The third kappa shape index (κ3) is 4.37. The lowest BCUT2D eigenvalue weighted by Crippen LogP contribution is -2.05. The first-order chi connectivity index (χ1) is 22.3. The molecule has 0 saturated heterocycles. The van der Waals surface area contributed by atoms with E-state index in [1.54, 1.807) is 0 Å². The van der Waals surface area contributed by atoms with Crippen molar-refractivity contribution in [2.75, 3.05) is 0 Å². The molecule has 0 nitrogen and oxygen atoms in total. The molecule has 0 heterocycles. The summed E-state index contributed by atoms with van der Waals surface area (Å²) in [5, 5.41) is 7.73. The molecule has 8 aromatic carbocycles. The molecule has 9 rings (SSSR count). The van der Waals surface area contributed by atoms with Crippen molar-refractivity contribution in [1.82, 2.24) is 0 Å². The molecule has 0 fully saturated rings. The van der Waals surface area contributed by atoms with Crippen molar-refractivity contribution >= 4 is 32.3 Å². The first kappa shape index (κ1) is 26.0. The maximum atomic E-state index is 2.48. The number of benzene rings is 8. The Morgan fingerprint density at radius 3 is 1.44 bits per heavy atom. The molecule has 1 aliphatic rings. The van der Waals surface area contributed by atoms with Crippen LogP contribution in [0.5, 0.6) is 0 Å². The van der Waals surface area contributed by atoms with E-state index >= 15 is 0 Å². The Morgan fingerprint density at radius 1 is 0.356 bits per heavy atom. The number of rotatable bonds is 3. The summed E-state index contributed by atoms with van der Waals surface area (Å²) in [5.74, 6) is 0.407. The van der Waals surface area contributed by atoms with Gasteiger partial charge in [0.2, 0.25) is 0 Å². The fourth-order valence-corrected chi connectivity index (χ4v) is 7.80. The molecule has 0 radical (unpaired) electrons. The van der Waals surface area contributed by atoms with Gasteiger partial charge in [0.05, 0.1) is 0 Å². The van der Waals surface area contributed by atoms with Crippen LogP contribution in [0.4, 0.5) is 0 Å². The molecule has 0 unspecified atom stereocenters. The first-order valence-electron chi connectivity index (χ1n) is 16.0. The van der Waals surface area contributed by atoms with Gasteiger partial charge in [-0.25, -0.2) is 0 Å². The average Bonchev–Trinajstić information content (AvgIpc) is 3.27. The minimum absolute atomic E-state index is 0.407. The van der Waals surface area contributed by atoms with Crippen LogP contribution in [-0.2, 0) is 12.8 Å². The number of fused-ring (bicyclic) bond motifs is 6. The smallest absolute Gasteiger partial charge is 0.00262 e. The van der Waals surface area contributed by atoms with E-state index in [1.165, 1.54) is 82.4 Å². The normalized spacial score (nSPS) is 13.1. The monoisotopic (exact) mass is 572 g/mol. The second-order valence-electron chi connectivity index (χ2n) is 12.4. The molecule has 0 saturated carbocycles. The number of hydrogen-bond acceptors (Lipinski definition) is 0. The molecule has 212 valence electrons. The van der Waals surface area contributed by atoms with Crippen LogP contribution in [0.2, 0.25) is 0 Å². The summed E-state index contributed by atoms with van der Waals surface area (Å²) >= 11 is 0. The van der Waals surface area contributed by atoms with Gasteiger partial charge in [-0.2, -0.15) is 0 Å². The van der Waals surface area contributed by atoms with Crippen LogP contribution in [0.3, 0.4) is 0 Å². The van der Waals surface area contributed by atoms with Crippen LogP contribution in [0.1, 0.15) is 22.6 Å². The Kier molecular flexibility index (Phi) is 6.13. The highest BCUT2D eigenvalue weighted by Crippen LogP contribution is 2.45. The third-order valence-electron chi connectivity index (χ3n) is 9.87. The Labute approximate surface area is 264 Å². The highest BCUT2D eigenvalue weighted by molar-refractivity contribution is 6.21. The van der Waals surface area contributed by atoms with Crippen molar-refractivity contribution in [3.63, 3.8) is 0 Å². The van der Waals surface area contributed by atoms with Crippen molar-refractivity contribution in [1.29, 1.82) is 0 Å². The Hall–Kier alpha value is -5.46. The van der Waals surface area contributed by atoms with Gasteiger partial charge in [0.1, 0.15) is 0 Å². The van der Waals surface area contributed by atoms with Gasteiger partial charge >= 0.3 is 0 Å². The summed E-state index contributed by atoms with van der Waals surface area (Å²) in [6, 6.07) is 60.9. The summed E-state index contributed by atoms with van der Waals surface area (Å²) in [4.78, 5) is 0. The van der Waals surface area contributed by atoms with Gasteiger partial charge in [0, 0.05) is 0 Å². The zero-order valence-corrected chi connectivity index (χ0v) is 25.1. The second kappa shape index (κ2) is 10.6. The molecule has 45 heavy (non-hydrogen) atoms. The summed E-state index contributed by atoms with van der Waals surface area (Å²) in [7, 11) is 0. The van der Waals surface area contributed by atoms with Crippen LogP contribution in [-0.4, -0.2) is 0 Å². The predicted octanol–water partition coefficient (Wildman–Crippen LogP) is 12.0. The minimum atomic E-state index is 0.407. The van der Waals surface area contributed by atoms with Crippen LogP contribution >= 0.6 is 0 Å². The van der Waals surface area contributed by atoms with E-state index < -0.39 is 0 Å². The molecular formula is C45H32. The lowest BCUT2D eigenvalue weighted by Gasteiger charge is -2.20. The number of hydrogen-bond donors (Lipinski definition) is 0. The van der Waals surface area contributed by atoms with Gasteiger partial charge in [-0.05, 0) is 107 Å². The van der Waals surface area contributed by atoms with Crippen molar-refractivity contribution < 1.29 is 0 Å². The minimum Gasteiger partial charge on any atom is -0.0620 e. The standard InChI is InChI=1S/C45H32/c1-2-13-31-26-36(25-24-30(31)12-1)45-42-22-9-7-20-40(42)44(41-21-8-10-23-43(41)45)35-17-11-16-32(27-35)37-28-33-14-3-5-18-38(33)39-19-6-4-15-34(39)29-37/h1-27,37H,28-29H2. The van der Waals surface area contributed by atoms with Crippen molar-refractivity contribution in [2.45, 2.75) is 18.8 Å². The zero-order chi connectivity index (χ0) is 29.7. The molecule has 0 bridgehead atoms. The van der Waals surface area contributed by atoms with Gasteiger partial charge in [0.25, 0.3) is 0 Å². The average molecular weight is 573 g/mol. The van der Waals surface area contributed by atoms with Crippen molar-refractivity contribution in [3.8, 4) is 33.4 Å². The van der Waals surface area contributed by atoms with Gasteiger partial charge in [0.15, 0.2) is 0 Å². The van der Waals surface area contributed by atoms with Crippen LogP contribution in [0, 0.1) is 0 Å². The highest BCUT2D eigenvalue weighted by Gasteiger charge is 2.23. The van der Waals surface area contributed by atoms with E-state index in [0.717, 1.165) is 12.8 Å². The SMILES string of the molecule is c1cc(-c2c3ccccc3c(-c3ccc4ccccc4c3)c3ccccc23)cc(C2Cc3ccccc3-c3ccccc3C2)c1. The van der Waals surface area contributed by atoms with E-state index in [-0.39, 0.29) is 0 Å². The molecule has 0 aliphatic heterocycles. The van der Waals surface area contributed by atoms with Crippen molar-refractivity contribution in [2.24, 2.45) is 0 Å². The van der Waals surface area contributed by atoms with Gasteiger partial charge in [-0.3, -0.25) is 0 Å². The molecule has 0 heteroatoms. The van der Waals surface area contributed by atoms with Crippen molar-refractivity contribution in [3.05, 3.63) is 180 Å². The zero-order valence-electron chi connectivity index (χ0n) is 25.1. The predicted molar refractivity (Wildman–Crippen MR) is 192 cm³/mol. The lowest BCUT2D eigenvalue weighted by atomic mass is 9.83. The van der Waals surface area contributed by atoms with E-state index in [2.05, 4.69) is 164 Å². The Bertz CT molecular complexity index is 2290. The summed E-state index contributed by atoms with van der Waals surface area (Å²) in [6.45, 7) is 0. The van der Waals surface area contributed by atoms with E-state index in [0.29, 0.717) is 5.92 Å². The molecule has 1 aliphatic carbocycles. The van der Waals surface area contributed by atoms with Crippen LogP contribution < -0.4 is 0 Å². The molecule has 0 amide bonds. The quantitative estimate of drug-likeness (QED) is 0.185. The Balaban J connectivity index is 1.24.